The van der Waals surface area contributed by atoms with Gasteiger partial charge in [0.1, 0.15) is 10.6 Å². The van der Waals surface area contributed by atoms with Crippen molar-refractivity contribution in [2.45, 2.75) is 31.6 Å². The molecule has 10 heteroatoms. The summed E-state index contributed by atoms with van der Waals surface area (Å²) in [6.45, 7) is 4.87. The van der Waals surface area contributed by atoms with E-state index in [-0.39, 0.29) is 17.3 Å². The Labute approximate surface area is 193 Å². The molecule has 2 aromatic rings. The van der Waals surface area contributed by atoms with Crippen LogP contribution in [0.25, 0.3) is 0 Å². The highest BCUT2D eigenvalue weighted by molar-refractivity contribution is 7.89. The number of nitrogens with one attached hydrogen (secondary N) is 1. The van der Waals surface area contributed by atoms with Crippen molar-refractivity contribution in [1.29, 1.82) is 5.26 Å². The van der Waals surface area contributed by atoms with Gasteiger partial charge in [0.15, 0.2) is 18.1 Å². The number of anilines is 1. The number of carbonyl (C=O) groups excluding carboxylic acids is 1. The molecule has 176 valence electrons. The Morgan fingerprint density at radius 3 is 2.33 bits per heavy atom. The summed E-state index contributed by atoms with van der Waals surface area (Å²) in [5.74, 6) is 0.465. The van der Waals surface area contributed by atoms with E-state index in [0.717, 1.165) is 12.8 Å². The maximum absolute atomic E-state index is 13.1. The molecule has 0 atom stereocenters. The molecule has 1 aliphatic rings. The Kier molecular flexibility index (Phi) is 8.14. The Hall–Kier alpha value is -3.29. The molecule has 0 bridgehead atoms. The zero-order valence-corrected chi connectivity index (χ0v) is 19.5. The number of rotatable bonds is 10. The molecule has 1 amide bonds. The van der Waals surface area contributed by atoms with Crippen LogP contribution in [0.15, 0.2) is 41.3 Å². The summed E-state index contributed by atoms with van der Waals surface area (Å²) in [4.78, 5) is 12.5. The maximum Gasteiger partial charge on any atom is 0.262 e. The molecule has 1 saturated heterocycles. The summed E-state index contributed by atoms with van der Waals surface area (Å²) in [6, 6.07) is 11.2. The topological polar surface area (TPSA) is 118 Å². The first-order valence-electron chi connectivity index (χ1n) is 10.8. The van der Waals surface area contributed by atoms with Crippen LogP contribution < -0.4 is 19.5 Å². The van der Waals surface area contributed by atoms with Crippen molar-refractivity contribution < 1.29 is 27.4 Å². The largest absolute Gasteiger partial charge is 0.492 e. The zero-order valence-electron chi connectivity index (χ0n) is 18.7. The SMILES string of the molecule is CCOc1cc(C#N)ccc1OCC(=O)Nc1ccc(OCC)c(S(=O)(=O)N2CCCC2)c1. The summed E-state index contributed by atoms with van der Waals surface area (Å²) in [5.41, 5.74) is 0.728. The van der Waals surface area contributed by atoms with Crippen LogP contribution in [0.1, 0.15) is 32.3 Å². The molecule has 1 fully saturated rings. The smallest absolute Gasteiger partial charge is 0.262 e. The third-order valence-electron chi connectivity index (χ3n) is 4.94. The van der Waals surface area contributed by atoms with Crippen LogP contribution in [0.4, 0.5) is 5.69 Å². The first kappa shape index (κ1) is 24.4. The van der Waals surface area contributed by atoms with Gasteiger partial charge in [0.25, 0.3) is 5.91 Å². The lowest BCUT2D eigenvalue weighted by molar-refractivity contribution is -0.118. The van der Waals surface area contributed by atoms with E-state index in [9.17, 15) is 13.2 Å². The highest BCUT2D eigenvalue weighted by Crippen LogP contribution is 2.32. The van der Waals surface area contributed by atoms with Crippen molar-refractivity contribution in [3.8, 4) is 23.3 Å². The van der Waals surface area contributed by atoms with E-state index in [2.05, 4.69) is 5.32 Å². The van der Waals surface area contributed by atoms with E-state index in [1.54, 1.807) is 38.1 Å². The first-order chi connectivity index (χ1) is 15.9. The number of sulfonamides is 1. The van der Waals surface area contributed by atoms with E-state index < -0.39 is 15.9 Å². The summed E-state index contributed by atoms with van der Waals surface area (Å²) < 4.78 is 44.2. The van der Waals surface area contributed by atoms with Crippen molar-refractivity contribution in [3.05, 3.63) is 42.0 Å². The van der Waals surface area contributed by atoms with Gasteiger partial charge in [0.05, 0.1) is 24.8 Å². The van der Waals surface area contributed by atoms with Crippen LogP contribution in [0.3, 0.4) is 0 Å². The molecule has 0 radical (unpaired) electrons. The van der Waals surface area contributed by atoms with Gasteiger partial charge >= 0.3 is 0 Å². The molecule has 2 aromatic carbocycles. The molecule has 0 saturated carbocycles. The van der Waals surface area contributed by atoms with Crippen molar-refractivity contribution in [3.63, 3.8) is 0 Å². The Morgan fingerprint density at radius 1 is 1.00 bits per heavy atom. The van der Waals surface area contributed by atoms with Crippen LogP contribution >= 0.6 is 0 Å². The molecule has 0 aromatic heterocycles. The second kappa shape index (κ2) is 11.0. The summed E-state index contributed by atoms with van der Waals surface area (Å²) in [7, 11) is -3.74. The fraction of sp³-hybridized carbons (Fsp3) is 0.391. The first-order valence-corrected chi connectivity index (χ1v) is 12.2. The van der Waals surface area contributed by atoms with E-state index in [4.69, 9.17) is 19.5 Å². The monoisotopic (exact) mass is 473 g/mol. The van der Waals surface area contributed by atoms with E-state index in [0.29, 0.717) is 49.1 Å². The lowest BCUT2D eigenvalue weighted by atomic mass is 10.2. The number of nitrogens with zero attached hydrogens (tertiary/aromatic N) is 2. The molecule has 1 heterocycles. The van der Waals surface area contributed by atoms with Gasteiger partial charge < -0.3 is 19.5 Å². The minimum atomic E-state index is -3.74. The maximum atomic E-state index is 13.1. The molecule has 1 N–H and O–H groups in total. The average molecular weight is 474 g/mol. The third-order valence-corrected chi connectivity index (χ3v) is 6.86. The van der Waals surface area contributed by atoms with Gasteiger partial charge in [-0.3, -0.25) is 4.79 Å². The molecular weight excluding hydrogens is 446 g/mol. The minimum absolute atomic E-state index is 0.0238. The van der Waals surface area contributed by atoms with Crippen LogP contribution in [0.5, 0.6) is 17.2 Å². The lowest BCUT2D eigenvalue weighted by Gasteiger charge is -2.19. The Morgan fingerprint density at radius 2 is 1.67 bits per heavy atom. The predicted molar refractivity (Wildman–Crippen MR) is 122 cm³/mol. The van der Waals surface area contributed by atoms with E-state index in [1.165, 1.54) is 16.4 Å². The van der Waals surface area contributed by atoms with Gasteiger partial charge in [-0.25, -0.2) is 8.42 Å². The Bertz CT molecular complexity index is 1140. The molecule has 0 spiro atoms. The van der Waals surface area contributed by atoms with Crippen molar-refractivity contribution in [2.75, 3.05) is 38.2 Å². The number of benzene rings is 2. The number of amides is 1. The van der Waals surface area contributed by atoms with E-state index >= 15 is 0 Å². The minimum Gasteiger partial charge on any atom is -0.492 e. The second-order valence-corrected chi connectivity index (χ2v) is 9.16. The molecule has 33 heavy (non-hydrogen) atoms. The zero-order chi connectivity index (χ0) is 23.8. The average Bonchev–Trinajstić information content (AvgIpc) is 3.35. The molecule has 9 nitrogen and oxygen atoms in total. The third kappa shape index (κ3) is 5.94. The number of ether oxygens (including phenoxy) is 3. The predicted octanol–water partition coefficient (Wildman–Crippen LogP) is 3.16. The van der Waals surface area contributed by atoms with Gasteiger partial charge in [0.2, 0.25) is 10.0 Å². The molecular formula is C23H27N3O6S. The van der Waals surface area contributed by atoms with Crippen molar-refractivity contribution >= 4 is 21.6 Å². The fourth-order valence-electron chi connectivity index (χ4n) is 3.44. The number of hydrogen-bond donors (Lipinski definition) is 1. The fourth-order valence-corrected chi connectivity index (χ4v) is 5.11. The molecule has 1 aliphatic heterocycles. The summed E-state index contributed by atoms with van der Waals surface area (Å²) in [6.07, 6.45) is 1.63. The highest BCUT2D eigenvalue weighted by atomic mass is 32.2. The molecule has 3 rings (SSSR count). The second-order valence-electron chi connectivity index (χ2n) is 7.25. The van der Waals surface area contributed by atoms with E-state index in [1.807, 2.05) is 6.07 Å². The van der Waals surface area contributed by atoms with Gasteiger partial charge in [0, 0.05) is 24.8 Å². The Balaban J connectivity index is 1.74. The molecule has 0 unspecified atom stereocenters. The van der Waals surface area contributed by atoms with Crippen LogP contribution in [-0.4, -0.2) is 51.5 Å². The number of nitriles is 1. The van der Waals surface area contributed by atoms with Crippen LogP contribution in [-0.2, 0) is 14.8 Å². The van der Waals surface area contributed by atoms with Gasteiger partial charge in [-0.1, -0.05) is 0 Å². The number of hydrogen-bond acceptors (Lipinski definition) is 7. The number of carbonyl (C=O) groups is 1. The van der Waals surface area contributed by atoms with Crippen molar-refractivity contribution in [2.24, 2.45) is 0 Å². The van der Waals surface area contributed by atoms with Crippen molar-refractivity contribution in [1.82, 2.24) is 4.31 Å². The molecule has 0 aliphatic carbocycles. The summed E-state index contributed by atoms with van der Waals surface area (Å²) >= 11 is 0. The lowest BCUT2D eigenvalue weighted by Crippen LogP contribution is -2.28. The van der Waals surface area contributed by atoms with Crippen LogP contribution in [0, 0.1) is 11.3 Å². The normalized spacial score (nSPS) is 13.8. The standard InChI is InChI=1S/C23H27N3O6S/c1-3-30-20-10-8-18(14-22(20)33(28,29)26-11-5-6-12-26)25-23(27)16-32-19-9-7-17(15-24)13-21(19)31-4-2/h7-10,13-14H,3-6,11-12,16H2,1-2H3,(H,25,27). The summed E-state index contributed by atoms with van der Waals surface area (Å²) in [5, 5.41) is 11.7. The van der Waals surface area contributed by atoms with Crippen LogP contribution in [0.2, 0.25) is 0 Å². The van der Waals surface area contributed by atoms with Gasteiger partial charge in [-0.2, -0.15) is 9.57 Å². The quantitative estimate of drug-likeness (QED) is 0.563. The highest BCUT2D eigenvalue weighted by Gasteiger charge is 2.30. The van der Waals surface area contributed by atoms with Gasteiger partial charge in [-0.05, 0) is 57.0 Å². The van der Waals surface area contributed by atoms with Gasteiger partial charge in [-0.15, -0.1) is 0 Å².